The first-order valence-electron chi connectivity index (χ1n) is 15.1. The predicted molar refractivity (Wildman–Crippen MR) is 148 cm³/mol. The van der Waals surface area contributed by atoms with E-state index in [1.165, 1.54) is 0 Å². The van der Waals surface area contributed by atoms with Gasteiger partial charge in [-0.2, -0.15) is 5.26 Å². The van der Waals surface area contributed by atoms with Crippen LogP contribution in [0.3, 0.4) is 0 Å². The molecule has 0 saturated heterocycles. The van der Waals surface area contributed by atoms with Crippen molar-refractivity contribution in [1.82, 2.24) is 4.90 Å². The van der Waals surface area contributed by atoms with E-state index in [9.17, 15) is 19.6 Å². The molecule has 0 aliphatic heterocycles. The van der Waals surface area contributed by atoms with E-state index in [0.29, 0.717) is 6.42 Å². The summed E-state index contributed by atoms with van der Waals surface area (Å²) in [5.74, 6) is 0.687. The number of rotatable bonds is 4. The third kappa shape index (κ3) is 3.80. The molecule has 3 saturated carbocycles. The Balaban J connectivity index is 1.61. The third-order valence-corrected chi connectivity index (χ3v) is 11.9. The Hall–Kier alpha value is -2.22. The highest BCUT2D eigenvalue weighted by Crippen LogP contribution is 2.69. The van der Waals surface area contributed by atoms with Gasteiger partial charge in [0.05, 0.1) is 11.0 Å². The summed E-state index contributed by atoms with van der Waals surface area (Å²) in [6, 6.07) is 2.13. The van der Waals surface area contributed by atoms with Gasteiger partial charge in [-0.3, -0.25) is 14.4 Å². The highest BCUT2D eigenvalue weighted by molar-refractivity contribution is 6.01. The van der Waals surface area contributed by atoms with Gasteiger partial charge in [-0.25, -0.2) is 0 Å². The molecule has 5 nitrogen and oxygen atoms in total. The van der Waals surface area contributed by atoms with Gasteiger partial charge in [0.2, 0.25) is 5.91 Å². The summed E-state index contributed by atoms with van der Waals surface area (Å²) >= 11 is 0. The molecule has 38 heavy (non-hydrogen) atoms. The van der Waals surface area contributed by atoms with E-state index in [1.54, 1.807) is 0 Å². The first kappa shape index (κ1) is 27.4. The minimum absolute atomic E-state index is 0.0582. The summed E-state index contributed by atoms with van der Waals surface area (Å²) in [6.07, 6.45) is 11.6. The number of amides is 1. The molecule has 0 N–H and O–H groups in total. The number of nitriles is 1. The average molecular weight is 519 g/mol. The number of ketones is 2. The first-order chi connectivity index (χ1) is 17.9. The highest BCUT2D eigenvalue weighted by Gasteiger charge is 2.65. The number of hydrogen-bond donors (Lipinski definition) is 0. The Morgan fingerprint density at radius 3 is 2.45 bits per heavy atom. The van der Waals surface area contributed by atoms with E-state index in [-0.39, 0.29) is 57.5 Å². The van der Waals surface area contributed by atoms with Gasteiger partial charge in [-0.15, -0.1) is 0 Å². The molecule has 0 aromatic rings. The van der Waals surface area contributed by atoms with Crippen molar-refractivity contribution in [2.75, 3.05) is 13.1 Å². The van der Waals surface area contributed by atoms with Crippen molar-refractivity contribution in [3.05, 3.63) is 23.3 Å². The molecule has 7 unspecified atom stereocenters. The maximum Gasteiger partial charge on any atom is 0.229 e. The van der Waals surface area contributed by atoms with Crippen LogP contribution in [0.2, 0.25) is 0 Å². The average Bonchev–Trinajstić information content (AvgIpc) is 2.87. The van der Waals surface area contributed by atoms with Crippen molar-refractivity contribution in [2.45, 2.75) is 99.3 Å². The molecule has 0 spiro atoms. The Labute approximate surface area is 229 Å². The van der Waals surface area contributed by atoms with Crippen molar-refractivity contribution in [1.29, 1.82) is 5.26 Å². The molecule has 0 heterocycles. The molecule has 3 fully saturated rings. The molecule has 0 bridgehead atoms. The summed E-state index contributed by atoms with van der Waals surface area (Å²) in [4.78, 5) is 43.2. The number of carbonyl (C=O) groups is 3. The second-order valence-electron chi connectivity index (χ2n) is 14.4. The summed E-state index contributed by atoms with van der Waals surface area (Å²) in [5, 5.41) is 9.67. The van der Waals surface area contributed by atoms with Crippen LogP contribution >= 0.6 is 0 Å². The van der Waals surface area contributed by atoms with E-state index >= 15 is 0 Å². The van der Waals surface area contributed by atoms with Crippen LogP contribution in [0.15, 0.2) is 23.3 Å². The predicted octanol–water partition coefficient (Wildman–Crippen LogP) is 6.44. The van der Waals surface area contributed by atoms with E-state index in [0.717, 1.165) is 70.0 Å². The Bertz CT molecular complexity index is 1160. The topological polar surface area (TPSA) is 78.2 Å². The number of allylic oxidation sites excluding steroid dienone is 4. The maximum atomic E-state index is 14.3. The van der Waals surface area contributed by atoms with Gasteiger partial charge in [0, 0.05) is 30.8 Å². The Morgan fingerprint density at radius 1 is 1.05 bits per heavy atom. The number of carbonyl (C=O) groups excluding carboxylic acids is 3. The smallest absolute Gasteiger partial charge is 0.229 e. The summed E-state index contributed by atoms with van der Waals surface area (Å²) in [7, 11) is 0. The van der Waals surface area contributed by atoms with Gasteiger partial charge >= 0.3 is 0 Å². The van der Waals surface area contributed by atoms with Crippen LogP contribution in [0.25, 0.3) is 0 Å². The molecular formula is C33H46N2O3. The Morgan fingerprint density at radius 2 is 1.79 bits per heavy atom. The number of fused-ring (bicyclic) bond motifs is 7. The lowest BCUT2D eigenvalue weighted by molar-refractivity contribution is -0.168. The zero-order valence-electron chi connectivity index (χ0n) is 24.4. The van der Waals surface area contributed by atoms with Gasteiger partial charge in [0.1, 0.15) is 6.07 Å². The molecule has 5 aliphatic rings. The summed E-state index contributed by atoms with van der Waals surface area (Å²) in [6.45, 7) is 14.8. The van der Waals surface area contributed by atoms with Gasteiger partial charge in [-0.05, 0) is 93.0 Å². The standard InChI is InChI=1S/C33H46N2O3/c1-7-15-35(8-2)29(38)33-12-10-23-28(24(33)19-30(3,4)13-14-33)26(37)17-27-31(23,5)11-9-22-16-25(36)21(20-34)18-32(22,27)6/h17-18,22-24,28H,7-16,19H2,1-6H3. The molecule has 5 rings (SSSR count). The second kappa shape index (κ2) is 9.17. The van der Waals surface area contributed by atoms with Crippen LogP contribution in [-0.4, -0.2) is 35.5 Å². The molecule has 5 heteroatoms. The van der Waals surface area contributed by atoms with Gasteiger partial charge in [0.25, 0.3) is 0 Å². The monoisotopic (exact) mass is 518 g/mol. The van der Waals surface area contributed by atoms with Gasteiger partial charge in [0.15, 0.2) is 11.6 Å². The van der Waals surface area contributed by atoms with Crippen LogP contribution in [0.5, 0.6) is 0 Å². The van der Waals surface area contributed by atoms with E-state index in [1.807, 2.05) is 12.2 Å². The van der Waals surface area contributed by atoms with Crippen molar-refractivity contribution >= 4 is 17.5 Å². The fourth-order valence-corrected chi connectivity index (χ4v) is 9.77. The summed E-state index contributed by atoms with van der Waals surface area (Å²) in [5.41, 5.74) is 0.464. The zero-order chi connectivity index (χ0) is 27.7. The van der Waals surface area contributed by atoms with Crippen molar-refractivity contribution in [2.24, 2.45) is 45.3 Å². The van der Waals surface area contributed by atoms with E-state index < -0.39 is 10.8 Å². The second-order valence-corrected chi connectivity index (χ2v) is 14.4. The lowest BCUT2D eigenvalue weighted by Crippen LogP contribution is -2.62. The van der Waals surface area contributed by atoms with Crippen molar-refractivity contribution < 1.29 is 14.4 Å². The van der Waals surface area contributed by atoms with Crippen molar-refractivity contribution in [3.8, 4) is 6.07 Å². The fourth-order valence-electron chi connectivity index (χ4n) is 9.77. The minimum Gasteiger partial charge on any atom is -0.343 e. The summed E-state index contributed by atoms with van der Waals surface area (Å²) < 4.78 is 0. The zero-order valence-corrected chi connectivity index (χ0v) is 24.4. The molecule has 0 aromatic carbocycles. The van der Waals surface area contributed by atoms with Crippen LogP contribution in [0, 0.1) is 56.7 Å². The Kier molecular flexibility index (Phi) is 6.60. The fraction of sp³-hybridized carbons (Fsp3) is 0.758. The van der Waals surface area contributed by atoms with E-state index in [2.05, 4.69) is 52.5 Å². The van der Waals surface area contributed by atoms with Crippen molar-refractivity contribution in [3.63, 3.8) is 0 Å². The first-order valence-corrected chi connectivity index (χ1v) is 15.1. The minimum atomic E-state index is -0.442. The lowest BCUT2D eigenvalue weighted by Gasteiger charge is -2.63. The van der Waals surface area contributed by atoms with Gasteiger partial charge in [-0.1, -0.05) is 46.3 Å². The van der Waals surface area contributed by atoms with Crippen LogP contribution in [0.1, 0.15) is 99.3 Å². The molecule has 206 valence electrons. The highest BCUT2D eigenvalue weighted by atomic mass is 16.2. The molecule has 0 radical (unpaired) electrons. The van der Waals surface area contributed by atoms with E-state index in [4.69, 9.17) is 0 Å². The number of Topliss-reactive ketones (excluding diaryl/α,β-unsaturated/α-hetero) is 1. The molecular weight excluding hydrogens is 472 g/mol. The van der Waals surface area contributed by atoms with Crippen LogP contribution < -0.4 is 0 Å². The quantitative estimate of drug-likeness (QED) is 0.429. The number of nitrogens with zero attached hydrogens (tertiary/aromatic N) is 2. The molecule has 1 amide bonds. The van der Waals surface area contributed by atoms with Crippen LogP contribution in [0.4, 0.5) is 0 Å². The molecule has 0 aromatic heterocycles. The number of hydrogen-bond acceptors (Lipinski definition) is 4. The third-order valence-electron chi connectivity index (χ3n) is 11.9. The SMILES string of the molecule is CCCN(CC)C(=O)C12CCC3C(C(=O)C=C4C5(C)C=C(C#N)C(=O)CC5CCC43C)C1CC(C)(C)CC2. The lowest BCUT2D eigenvalue weighted by atomic mass is 9.39. The molecule has 7 atom stereocenters. The van der Waals surface area contributed by atoms with Crippen LogP contribution in [-0.2, 0) is 14.4 Å². The largest absolute Gasteiger partial charge is 0.343 e. The molecule has 5 aliphatic carbocycles. The van der Waals surface area contributed by atoms with Gasteiger partial charge < -0.3 is 4.90 Å². The normalized spacial score (nSPS) is 41.4. The maximum absolute atomic E-state index is 14.3.